The molecule has 0 heterocycles. The fourth-order valence-corrected chi connectivity index (χ4v) is 2.17. The molecule has 2 atom stereocenters. The molecule has 0 aromatic heterocycles. The molecule has 1 aromatic rings. The van der Waals surface area contributed by atoms with Crippen LogP contribution in [0.2, 0.25) is 0 Å². The molecule has 0 saturated heterocycles. The molecule has 19 heavy (non-hydrogen) atoms. The maximum atomic E-state index is 13.3. The van der Waals surface area contributed by atoms with Crippen LogP contribution < -0.4 is 10.1 Å². The summed E-state index contributed by atoms with van der Waals surface area (Å²) in [6.07, 6.45) is 1.09. The van der Waals surface area contributed by atoms with Crippen LogP contribution in [-0.4, -0.2) is 29.8 Å². The van der Waals surface area contributed by atoms with Gasteiger partial charge in [-0.2, -0.15) is 0 Å². The van der Waals surface area contributed by atoms with Gasteiger partial charge in [-0.1, -0.05) is 12.1 Å². The molecule has 1 aliphatic carbocycles. The molecule has 2 rings (SSSR count). The topological polar surface area (TPSA) is 58.6 Å². The van der Waals surface area contributed by atoms with Crippen LogP contribution in [0.25, 0.3) is 0 Å². The fraction of sp³-hybridized carbons (Fsp3) is 0.500. The van der Waals surface area contributed by atoms with E-state index in [2.05, 4.69) is 5.32 Å². The number of nitrogens with one attached hydrogen (secondary N) is 1. The molecule has 2 N–H and O–H groups in total. The van der Waals surface area contributed by atoms with Gasteiger partial charge in [0.25, 0.3) is 5.91 Å². The second-order valence-electron chi connectivity index (χ2n) is 4.71. The van der Waals surface area contributed by atoms with Gasteiger partial charge in [0.15, 0.2) is 6.61 Å². The first-order chi connectivity index (χ1) is 9.19. The molecule has 104 valence electrons. The highest BCUT2D eigenvalue weighted by Crippen LogP contribution is 2.21. The SMILES string of the molecule is O=C(COc1ccc(CO)cc1)N[C@H]1CCC[C@H]1F. The van der Waals surface area contributed by atoms with Gasteiger partial charge in [-0.05, 0) is 37.0 Å². The summed E-state index contributed by atoms with van der Waals surface area (Å²) in [5, 5.41) is 11.5. The van der Waals surface area contributed by atoms with E-state index >= 15 is 0 Å². The first-order valence-electron chi connectivity index (χ1n) is 6.45. The van der Waals surface area contributed by atoms with Crippen molar-refractivity contribution in [3.05, 3.63) is 29.8 Å². The summed E-state index contributed by atoms with van der Waals surface area (Å²) in [4.78, 5) is 11.6. The smallest absolute Gasteiger partial charge is 0.258 e. The Bertz CT molecular complexity index is 421. The van der Waals surface area contributed by atoms with Crippen molar-refractivity contribution in [1.82, 2.24) is 5.32 Å². The summed E-state index contributed by atoms with van der Waals surface area (Å²) in [6.45, 7) is -0.151. The van der Waals surface area contributed by atoms with Gasteiger partial charge in [0.2, 0.25) is 0 Å². The minimum atomic E-state index is -0.937. The minimum absolute atomic E-state index is 0.0274. The molecule has 0 unspecified atom stereocenters. The lowest BCUT2D eigenvalue weighted by Gasteiger charge is -2.15. The maximum Gasteiger partial charge on any atom is 0.258 e. The monoisotopic (exact) mass is 267 g/mol. The Balaban J connectivity index is 1.76. The van der Waals surface area contributed by atoms with E-state index in [-0.39, 0.29) is 25.2 Å². The van der Waals surface area contributed by atoms with E-state index in [0.717, 1.165) is 12.0 Å². The molecule has 1 amide bonds. The molecule has 4 nitrogen and oxygen atoms in total. The zero-order valence-corrected chi connectivity index (χ0v) is 10.6. The van der Waals surface area contributed by atoms with Gasteiger partial charge in [-0.25, -0.2) is 4.39 Å². The van der Waals surface area contributed by atoms with Crippen molar-refractivity contribution >= 4 is 5.91 Å². The second kappa shape index (κ2) is 6.52. The predicted molar refractivity (Wildman–Crippen MR) is 68.5 cm³/mol. The Labute approximate surface area is 111 Å². The lowest BCUT2D eigenvalue weighted by molar-refractivity contribution is -0.124. The van der Waals surface area contributed by atoms with Crippen LogP contribution in [0.1, 0.15) is 24.8 Å². The zero-order chi connectivity index (χ0) is 13.7. The van der Waals surface area contributed by atoms with E-state index in [9.17, 15) is 9.18 Å². The number of hydrogen-bond donors (Lipinski definition) is 2. The van der Waals surface area contributed by atoms with Gasteiger partial charge >= 0.3 is 0 Å². The van der Waals surface area contributed by atoms with Crippen molar-refractivity contribution in [3.8, 4) is 5.75 Å². The number of alkyl halides is 1. The van der Waals surface area contributed by atoms with E-state index in [0.29, 0.717) is 18.6 Å². The lowest BCUT2D eigenvalue weighted by atomic mass is 10.2. The van der Waals surface area contributed by atoms with Gasteiger partial charge < -0.3 is 15.2 Å². The number of halogens is 1. The molecule has 0 radical (unpaired) electrons. The van der Waals surface area contributed by atoms with E-state index in [4.69, 9.17) is 9.84 Å². The Hall–Kier alpha value is -1.62. The molecular weight excluding hydrogens is 249 g/mol. The molecule has 0 spiro atoms. The zero-order valence-electron chi connectivity index (χ0n) is 10.6. The van der Waals surface area contributed by atoms with Crippen LogP contribution in [0.3, 0.4) is 0 Å². The number of carbonyl (C=O) groups excluding carboxylic acids is 1. The van der Waals surface area contributed by atoms with E-state index in [1.165, 1.54) is 0 Å². The first kappa shape index (κ1) is 13.8. The lowest BCUT2D eigenvalue weighted by Crippen LogP contribution is -2.40. The molecule has 1 aliphatic rings. The Morgan fingerprint density at radius 3 is 2.68 bits per heavy atom. The summed E-state index contributed by atoms with van der Waals surface area (Å²) < 4.78 is 18.6. The van der Waals surface area contributed by atoms with Crippen molar-refractivity contribution in [2.24, 2.45) is 0 Å². The van der Waals surface area contributed by atoms with Crippen molar-refractivity contribution in [2.75, 3.05) is 6.61 Å². The van der Waals surface area contributed by atoms with E-state index < -0.39 is 6.17 Å². The molecule has 0 aliphatic heterocycles. The van der Waals surface area contributed by atoms with Crippen LogP contribution in [0, 0.1) is 0 Å². The highest BCUT2D eigenvalue weighted by molar-refractivity contribution is 5.77. The predicted octanol–water partition coefficient (Wildman–Crippen LogP) is 1.56. The van der Waals surface area contributed by atoms with Gasteiger partial charge in [0.1, 0.15) is 11.9 Å². The van der Waals surface area contributed by atoms with Crippen molar-refractivity contribution in [2.45, 2.75) is 38.1 Å². The number of aliphatic hydroxyl groups excluding tert-OH is 1. The number of carbonyl (C=O) groups is 1. The molecule has 1 saturated carbocycles. The summed E-state index contributed by atoms with van der Waals surface area (Å²) in [5.41, 5.74) is 0.781. The number of aliphatic hydroxyl groups is 1. The molecular formula is C14H18FNO3. The summed E-state index contributed by atoms with van der Waals surface area (Å²) >= 11 is 0. The van der Waals surface area contributed by atoms with Crippen LogP contribution in [0.5, 0.6) is 5.75 Å². The highest BCUT2D eigenvalue weighted by atomic mass is 19.1. The Morgan fingerprint density at radius 1 is 1.37 bits per heavy atom. The standard InChI is InChI=1S/C14H18FNO3/c15-12-2-1-3-13(12)16-14(18)9-19-11-6-4-10(8-17)5-7-11/h4-7,12-13,17H,1-3,8-9H2,(H,16,18)/t12-,13+/m1/s1. The van der Waals surface area contributed by atoms with Crippen molar-refractivity contribution < 1.29 is 19.0 Å². The van der Waals surface area contributed by atoms with Crippen LogP contribution in [-0.2, 0) is 11.4 Å². The highest BCUT2D eigenvalue weighted by Gasteiger charge is 2.28. The first-order valence-corrected chi connectivity index (χ1v) is 6.45. The molecule has 1 fully saturated rings. The van der Waals surface area contributed by atoms with E-state index in [1.807, 2.05) is 0 Å². The van der Waals surface area contributed by atoms with Gasteiger partial charge in [0.05, 0.1) is 12.6 Å². The normalized spacial score (nSPS) is 22.2. The van der Waals surface area contributed by atoms with Crippen LogP contribution in [0.4, 0.5) is 4.39 Å². The third kappa shape index (κ3) is 3.92. The van der Waals surface area contributed by atoms with Gasteiger partial charge in [-0.15, -0.1) is 0 Å². The molecule has 0 bridgehead atoms. The molecule has 1 aromatic carbocycles. The average molecular weight is 267 g/mol. The third-order valence-corrected chi connectivity index (χ3v) is 3.25. The molecule has 5 heteroatoms. The van der Waals surface area contributed by atoms with Crippen LogP contribution in [0.15, 0.2) is 24.3 Å². The van der Waals surface area contributed by atoms with Crippen molar-refractivity contribution in [3.63, 3.8) is 0 Å². The summed E-state index contributed by atoms with van der Waals surface area (Å²) in [6, 6.07) is 6.45. The van der Waals surface area contributed by atoms with Gasteiger partial charge in [-0.3, -0.25) is 4.79 Å². The summed E-state index contributed by atoms with van der Waals surface area (Å²) in [7, 11) is 0. The van der Waals surface area contributed by atoms with Crippen molar-refractivity contribution in [1.29, 1.82) is 0 Å². The number of benzene rings is 1. The second-order valence-corrected chi connectivity index (χ2v) is 4.71. The number of rotatable bonds is 5. The Morgan fingerprint density at radius 2 is 2.11 bits per heavy atom. The number of amides is 1. The fourth-order valence-electron chi connectivity index (χ4n) is 2.17. The maximum absolute atomic E-state index is 13.3. The quantitative estimate of drug-likeness (QED) is 0.851. The van der Waals surface area contributed by atoms with Gasteiger partial charge in [0, 0.05) is 0 Å². The van der Waals surface area contributed by atoms with Crippen LogP contribution >= 0.6 is 0 Å². The number of hydrogen-bond acceptors (Lipinski definition) is 3. The number of ether oxygens (including phenoxy) is 1. The average Bonchev–Trinajstić information content (AvgIpc) is 2.82. The third-order valence-electron chi connectivity index (χ3n) is 3.25. The minimum Gasteiger partial charge on any atom is -0.484 e. The van der Waals surface area contributed by atoms with E-state index in [1.54, 1.807) is 24.3 Å². The largest absolute Gasteiger partial charge is 0.484 e. The Kier molecular flexibility index (Phi) is 4.74. The summed E-state index contributed by atoms with van der Waals surface area (Å²) in [5.74, 6) is 0.247.